The van der Waals surface area contributed by atoms with Gasteiger partial charge in [0.05, 0.1) is 0 Å². The van der Waals surface area contributed by atoms with E-state index in [1.54, 1.807) is 12.1 Å². The highest BCUT2D eigenvalue weighted by molar-refractivity contribution is 7.10. The second-order valence-corrected chi connectivity index (χ2v) is 3.76. The first kappa shape index (κ1) is 13.7. The van der Waals surface area contributed by atoms with Crippen molar-refractivity contribution in [2.45, 2.75) is 25.1 Å². The second-order valence-electron chi connectivity index (χ2n) is 2.78. The normalized spacial score (nSPS) is 13.4. The average Bonchev–Trinajstić information content (AvgIpc) is 2.50. The topological polar surface area (TPSA) is 26.0 Å². The number of halogens is 4. The zero-order valence-corrected chi connectivity index (χ0v) is 8.88. The SMILES string of the molecule is Cl.N[C@H](CCC(F)(F)F)c1cccs1. The molecule has 0 bridgehead atoms. The van der Waals surface area contributed by atoms with Crippen LogP contribution in [0.5, 0.6) is 0 Å². The van der Waals surface area contributed by atoms with Gasteiger partial charge in [0, 0.05) is 17.3 Å². The lowest BCUT2D eigenvalue weighted by atomic mass is 10.1. The molecule has 1 aromatic rings. The van der Waals surface area contributed by atoms with Gasteiger partial charge >= 0.3 is 6.18 Å². The Hall–Kier alpha value is -0.260. The molecule has 2 N–H and O–H groups in total. The van der Waals surface area contributed by atoms with E-state index < -0.39 is 18.6 Å². The maximum Gasteiger partial charge on any atom is 0.389 e. The van der Waals surface area contributed by atoms with Gasteiger partial charge in [0.2, 0.25) is 0 Å². The molecule has 14 heavy (non-hydrogen) atoms. The number of rotatable bonds is 3. The first-order valence-corrected chi connectivity index (χ1v) is 4.73. The lowest BCUT2D eigenvalue weighted by Gasteiger charge is -2.10. The highest BCUT2D eigenvalue weighted by Crippen LogP contribution is 2.27. The van der Waals surface area contributed by atoms with Crippen molar-refractivity contribution in [2.75, 3.05) is 0 Å². The van der Waals surface area contributed by atoms with Crippen LogP contribution in [0, 0.1) is 0 Å². The van der Waals surface area contributed by atoms with E-state index in [0.717, 1.165) is 4.88 Å². The zero-order valence-electron chi connectivity index (χ0n) is 7.25. The molecule has 1 atom stereocenters. The molecule has 0 unspecified atom stereocenters. The summed E-state index contributed by atoms with van der Waals surface area (Å²) in [5.41, 5.74) is 5.56. The molecule has 0 saturated heterocycles. The molecule has 0 radical (unpaired) electrons. The van der Waals surface area contributed by atoms with E-state index in [0.29, 0.717) is 0 Å². The maximum absolute atomic E-state index is 11.8. The molecule has 0 spiro atoms. The molecule has 1 nitrogen and oxygen atoms in total. The van der Waals surface area contributed by atoms with Crippen molar-refractivity contribution in [1.82, 2.24) is 0 Å². The Morgan fingerprint density at radius 3 is 2.50 bits per heavy atom. The summed E-state index contributed by atoms with van der Waals surface area (Å²) in [5.74, 6) is 0. The molecular formula is C8H11ClF3NS. The third-order valence-electron chi connectivity index (χ3n) is 1.65. The summed E-state index contributed by atoms with van der Waals surface area (Å²) < 4.78 is 35.4. The molecule has 0 fully saturated rings. The number of nitrogens with two attached hydrogens (primary N) is 1. The third-order valence-corrected chi connectivity index (χ3v) is 2.65. The van der Waals surface area contributed by atoms with Crippen LogP contribution in [-0.2, 0) is 0 Å². The van der Waals surface area contributed by atoms with Gasteiger partial charge in [-0.2, -0.15) is 13.2 Å². The number of alkyl halides is 3. The van der Waals surface area contributed by atoms with E-state index in [-0.39, 0.29) is 18.8 Å². The predicted octanol–water partition coefficient (Wildman–Crippen LogP) is 3.51. The first-order chi connectivity index (χ1) is 5.99. The quantitative estimate of drug-likeness (QED) is 0.867. The summed E-state index contributed by atoms with van der Waals surface area (Å²) in [6.07, 6.45) is -4.95. The zero-order chi connectivity index (χ0) is 9.90. The fourth-order valence-electron chi connectivity index (χ4n) is 0.964. The van der Waals surface area contributed by atoms with E-state index in [1.807, 2.05) is 5.38 Å². The Kier molecular flexibility index (Phi) is 5.48. The Balaban J connectivity index is 0.00000169. The Morgan fingerprint density at radius 1 is 1.43 bits per heavy atom. The highest BCUT2D eigenvalue weighted by atomic mass is 35.5. The fraction of sp³-hybridized carbons (Fsp3) is 0.500. The van der Waals surface area contributed by atoms with Gasteiger partial charge in [0.15, 0.2) is 0 Å². The summed E-state index contributed by atoms with van der Waals surface area (Å²) in [5, 5.41) is 1.81. The summed E-state index contributed by atoms with van der Waals surface area (Å²) >= 11 is 1.39. The molecule has 6 heteroatoms. The van der Waals surface area contributed by atoms with Crippen LogP contribution < -0.4 is 5.73 Å². The first-order valence-electron chi connectivity index (χ1n) is 3.85. The predicted molar refractivity (Wildman–Crippen MR) is 53.8 cm³/mol. The molecular weight excluding hydrogens is 235 g/mol. The average molecular weight is 246 g/mol. The summed E-state index contributed by atoms with van der Waals surface area (Å²) in [4.78, 5) is 0.809. The van der Waals surface area contributed by atoms with Crippen molar-refractivity contribution in [2.24, 2.45) is 5.73 Å². The smallest absolute Gasteiger partial charge is 0.323 e. The van der Waals surface area contributed by atoms with Crippen molar-refractivity contribution in [1.29, 1.82) is 0 Å². The van der Waals surface area contributed by atoms with Crippen molar-refractivity contribution in [3.05, 3.63) is 22.4 Å². The van der Waals surface area contributed by atoms with Crippen LogP contribution in [0.4, 0.5) is 13.2 Å². The highest BCUT2D eigenvalue weighted by Gasteiger charge is 2.27. The standard InChI is InChI=1S/C8H10F3NS.ClH/c9-8(10,11)4-3-6(12)7-2-1-5-13-7;/h1-2,5-6H,3-4,12H2;1H/t6-;/m1./s1. The van der Waals surface area contributed by atoms with Crippen LogP contribution in [0.25, 0.3) is 0 Å². The fourth-order valence-corrected chi connectivity index (χ4v) is 1.73. The number of hydrogen-bond donors (Lipinski definition) is 1. The molecule has 0 aliphatic heterocycles. The largest absolute Gasteiger partial charge is 0.389 e. The van der Waals surface area contributed by atoms with E-state index in [4.69, 9.17) is 5.73 Å². The van der Waals surface area contributed by atoms with E-state index in [2.05, 4.69) is 0 Å². The lowest BCUT2D eigenvalue weighted by Crippen LogP contribution is -2.14. The van der Waals surface area contributed by atoms with E-state index in [9.17, 15) is 13.2 Å². The summed E-state index contributed by atoms with van der Waals surface area (Å²) in [7, 11) is 0. The van der Waals surface area contributed by atoms with Gasteiger partial charge in [0.1, 0.15) is 0 Å². The lowest BCUT2D eigenvalue weighted by molar-refractivity contribution is -0.136. The minimum absolute atomic E-state index is 0. The van der Waals surface area contributed by atoms with Crippen molar-refractivity contribution >= 4 is 23.7 Å². The van der Waals surface area contributed by atoms with Crippen LogP contribution >= 0.6 is 23.7 Å². The van der Waals surface area contributed by atoms with Crippen LogP contribution in [0.1, 0.15) is 23.8 Å². The summed E-state index contributed by atoms with van der Waals surface area (Å²) in [6.45, 7) is 0. The molecule has 1 rings (SSSR count). The third kappa shape index (κ3) is 4.83. The molecule has 0 saturated carbocycles. The second kappa shape index (κ2) is 5.58. The van der Waals surface area contributed by atoms with Crippen LogP contribution in [-0.4, -0.2) is 6.18 Å². The van der Waals surface area contributed by atoms with E-state index >= 15 is 0 Å². The van der Waals surface area contributed by atoms with Gasteiger partial charge in [-0.1, -0.05) is 6.07 Å². The minimum Gasteiger partial charge on any atom is -0.323 e. The molecule has 0 aromatic carbocycles. The summed E-state index contributed by atoms with van der Waals surface area (Å²) in [6, 6.07) is 3.06. The van der Waals surface area contributed by atoms with Crippen molar-refractivity contribution in [3.63, 3.8) is 0 Å². The van der Waals surface area contributed by atoms with Crippen molar-refractivity contribution < 1.29 is 13.2 Å². The van der Waals surface area contributed by atoms with Crippen molar-refractivity contribution in [3.8, 4) is 0 Å². The van der Waals surface area contributed by atoms with Gasteiger partial charge in [0.25, 0.3) is 0 Å². The van der Waals surface area contributed by atoms with Gasteiger partial charge in [-0.05, 0) is 17.9 Å². The van der Waals surface area contributed by atoms with Gasteiger partial charge in [-0.25, -0.2) is 0 Å². The van der Waals surface area contributed by atoms with Gasteiger partial charge in [-0.3, -0.25) is 0 Å². The number of hydrogen-bond acceptors (Lipinski definition) is 2. The molecule has 1 aromatic heterocycles. The molecule has 0 aliphatic rings. The van der Waals surface area contributed by atoms with Gasteiger partial charge in [-0.15, -0.1) is 23.7 Å². The van der Waals surface area contributed by atoms with E-state index in [1.165, 1.54) is 11.3 Å². The van der Waals surface area contributed by atoms with Crippen LogP contribution in [0.2, 0.25) is 0 Å². The molecule has 1 heterocycles. The monoisotopic (exact) mass is 245 g/mol. The molecule has 82 valence electrons. The maximum atomic E-state index is 11.8. The van der Waals surface area contributed by atoms with Crippen LogP contribution in [0.3, 0.4) is 0 Å². The van der Waals surface area contributed by atoms with Gasteiger partial charge < -0.3 is 5.73 Å². The van der Waals surface area contributed by atoms with Crippen LogP contribution in [0.15, 0.2) is 17.5 Å². The molecule has 0 aliphatic carbocycles. The molecule has 0 amide bonds. The Bertz CT molecular complexity index is 248. The Labute approximate surface area is 90.5 Å². The number of thiophene rings is 1. The Morgan fingerprint density at radius 2 is 2.07 bits per heavy atom. The minimum atomic E-state index is -4.10.